The van der Waals surface area contributed by atoms with Gasteiger partial charge in [0.25, 0.3) is 5.56 Å². The quantitative estimate of drug-likeness (QED) is 0.756. The average Bonchev–Trinajstić information content (AvgIpc) is 2.21. The molecule has 0 amide bonds. The highest BCUT2D eigenvalue weighted by Gasteiger charge is 2.20. The highest BCUT2D eigenvalue weighted by molar-refractivity contribution is 7.80. The molecule has 1 rings (SSSR count). The van der Waals surface area contributed by atoms with Gasteiger partial charge in [0.05, 0.1) is 4.99 Å². The molecule has 17 heavy (non-hydrogen) atoms. The van der Waals surface area contributed by atoms with Crippen LogP contribution in [0.2, 0.25) is 0 Å². The number of rotatable bonds is 5. The molecule has 0 saturated carbocycles. The Hall–Kier alpha value is -1.43. The van der Waals surface area contributed by atoms with Crippen molar-refractivity contribution in [3.8, 4) is 0 Å². The van der Waals surface area contributed by atoms with Gasteiger partial charge < -0.3 is 10.3 Å². The van der Waals surface area contributed by atoms with Gasteiger partial charge in [0.1, 0.15) is 0 Å². The molecule has 6 heteroatoms. The molecule has 0 bridgehead atoms. The van der Waals surface area contributed by atoms with Crippen molar-refractivity contribution >= 4 is 17.2 Å². The first-order valence-corrected chi connectivity index (χ1v) is 5.83. The van der Waals surface area contributed by atoms with E-state index in [1.165, 1.54) is 16.8 Å². The van der Waals surface area contributed by atoms with E-state index in [0.29, 0.717) is 11.5 Å². The van der Waals surface area contributed by atoms with Crippen molar-refractivity contribution in [2.24, 2.45) is 11.1 Å². The summed E-state index contributed by atoms with van der Waals surface area (Å²) in [6.45, 7) is 4.50. The predicted molar refractivity (Wildman–Crippen MR) is 71.1 cm³/mol. The van der Waals surface area contributed by atoms with Gasteiger partial charge in [0.2, 0.25) is 0 Å². The molecule has 94 valence electrons. The first-order valence-electron chi connectivity index (χ1n) is 5.42. The SMILES string of the molecule is CC(C)(CCCn1ccc(=O)[nH]c1=O)C(N)=S. The maximum Gasteiger partial charge on any atom is 0.328 e. The summed E-state index contributed by atoms with van der Waals surface area (Å²) in [5, 5.41) is 0. The zero-order valence-electron chi connectivity index (χ0n) is 10.0. The summed E-state index contributed by atoms with van der Waals surface area (Å²) in [5.74, 6) is 0. The Morgan fingerprint density at radius 2 is 2.18 bits per heavy atom. The van der Waals surface area contributed by atoms with Gasteiger partial charge in [-0.15, -0.1) is 0 Å². The molecule has 0 radical (unpaired) electrons. The molecule has 0 saturated heterocycles. The molecule has 1 aromatic heterocycles. The maximum absolute atomic E-state index is 11.4. The molecule has 5 nitrogen and oxygen atoms in total. The number of aryl methyl sites for hydroxylation is 1. The number of H-pyrrole nitrogens is 1. The van der Waals surface area contributed by atoms with Gasteiger partial charge in [-0.3, -0.25) is 9.78 Å². The molecule has 0 spiro atoms. The number of nitrogens with zero attached hydrogens (tertiary/aromatic N) is 1. The highest BCUT2D eigenvalue weighted by Crippen LogP contribution is 2.22. The minimum absolute atomic E-state index is 0.207. The fraction of sp³-hybridized carbons (Fsp3) is 0.545. The van der Waals surface area contributed by atoms with Gasteiger partial charge in [-0.1, -0.05) is 26.1 Å². The summed E-state index contributed by atoms with van der Waals surface area (Å²) in [6.07, 6.45) is 3.07. The third-order valence-corrected chi connectivity index (χ3v) is 3.32. The van der Waals surface area contributed by atoms with E-state index in [4.69, 9.17) is 18.0 Å². The van der Waals surface area contributed by atoms with Crippen molar-refractivity contribution in [3.63, 3.8) is 0 Å². The van der Waals surface area contributed by atoms with E-state index in [-0.39, 0.29) is 16.7 Å². The lowest BCUT2D eigenvalue weighted by molar-refractivity contribution is 0.431. The van der Waals surface area contributed by atoms with Gasteiger partial charge in [-0.25, -0.2) is 4.79 Å². The van der Waals surface area contributed by atoms with E-state index in [1.807, 2.05) is 13.8 Å². The van der Waals surface area contributed by atoms with E-state index in [2.05, 4.69) is 4.98 Å². The van der Waals surface area contributed by atoms with E-state index in [9.17, 15) is 9.59 Å². The summed E-state index contributed by atoms with van der Waals surface area (Å²) in [5.41, 5.74) is 4.64. The van der Waals surface area contributed by atoms with Gasteiger partial charge >= 0.3 is 5.69 Å². The number of aromatic amines is 1. The fourth-order valence-corrected chi connectivity index (χ4v) is 1.54. The molecule has 0 aliphatic heterocycles. The number of thiocarbonyl (C=S) groups is 1. The molecule has 1 aromatic rings. The van der Waals surface area contributed by atoms with Crippen molar-refractivity contribution in [2.75, 3.05) is 0 Å². The van der Waals surface area contributed by atoms with Crippen LogP contribution in [0.3, 0.4) is 0 Å². The molecular weight excluding hydrogens is 238 g/mol. The number of nitrogens with one attached hydrogen (secondary N) is 1. The van der Waals surface area contributed by atoms with Crippen LogP contribution in [0.5, 0.6) is 0 Å². The van der Waals surface area contributed by atoms with E-state index < -0.39 is 0 Å². The smallest absolute Gasteiger partial charge is 0.328 e. The predicted octanol–water partition coefficient (Wildman–Crippen LogP) is 0.629. The lowest BCUT2D eigenvalue weighted by Gasteiger charge is -2.22. The third-order valence-electron chi connectivity index (χ3n) is 2.76. The molecule has 0 aliphatic rings. The van der Waals surface area contributed by atoms with Crippen LogP contribution in [0.1, 0.15) is 26.7 Å². The Morgan fingerprint density at radius 1 is 1.53 bits per heavy atom. The molecule has 1 heterocycles. The maximum atomic E-state index is 11.4. The van der Waals surface area contributed by atoms with Crippen molar-refractivity contribution in [1.29, 1.82) is 0 Å². The minimum Gasteiger partial charge on any atom is -0.393 e. The molecule has 0 aliphatic carbocycles. The Morgan fingerprint density at radius 3 is 2.71 bits per heavy atom. The molecule has 0 atom stereocenters. The normalized spacial score (nSPS) is 11.4. The van der Waals surface area contributed by atoms with Gasteiger partial charge in [-0.2, -0.15) is 0 Å². The zero-order valence-corrected chi connectivity index (χ0v) is 10.8. The summed E-state index contributed by atoms with van der Waals surface area (Å²) >= 11 is 4.97. The van der Waals surface area contributed by atoms with Gasteiger partial charge in [0.15, 0.2) is 0 Å². The lowest BCUT2D eigenvalue weighted by Crippen LogP contribution is -2.31. The second kappa shape index (κ2) is 5.27. The third kappa shape index (κ3) is 3.81. The van der Waals surface area contributed by atoms with Gasteiger partial charge in [0, 0.05) is 24.2 Å². The summed E-state index contributed by atoms with van der Waals surface area (Å²) in [4.78, 5) is 24.9. The molecule has 3 N–H and O–H groups in total. The monoisotopic (exact) mass is 255 g/mol. The number of nitrogens with two attached hydrogens (primary N) is 1. The van der Waals surface area contributed by atoms with Crippen LogP contribution in [0.15, 0.2) is 21.9 Å². The van der Waals surface area contributed by atoms with Crippen LogP contribution in [-0.2, 0) is 6.54 Å². The van der Waals surface area contributed by atoms with Crippen molar-refractivity contribution in [1.82, 2.24) is 9.55 Å². The molecule has 0 fully saturated rings. The van der Waals surface area contributed by atoms with E-state index >= 15 is 0 Å². The largest absolute Gasteiger partial charge is 0.393 e. The first kappa shape index (κ1) is 13.6. The van der Waals surface area contributed by atoms with Crippen LogP contribution >= 0.6 is 12.2 Å². The fourth-order valence-electron chi connectivity index (χ4n) is 1.43. The Bertz CT molecular complexity index is 516. The van der Waals surface area contributed by atoms with Crippen LogP contribution in [-0.4, -0.2) is 14.5 Å². The topological polar surface area (TPSA) is 80.9 Å². The van der Waals surface area contributed by atoms with Crippen LogP contribution in [0, 0.1) is 5.41 Å². The summed E-state index contributed by atoms with van der Waals surface area (Å²) in [7, 11) is 0. The highest BCUT2D eigenvalue weighted by atomic mass is 32.1. The van der Waals surface area contributed by atoms with Gasteiger partial charge in [-0.05, 0) is 12.8 Å². The summed E-state index contributed by atoms with van der Waals surface area (Å²) < 4.78 is 1.47. The number of aromatic nitrogens is 2. The van der Waals surface area contributed by atoms with Crippen molar-refractivity contribution < 1.29 is 0 Å². The number of hydrogen-bond donors (Lipinski definition) is 2. The Kier molecular flexibility index (Phi) is 4.22. The number of hydrogen-bond acceptors (Lipinski definition) is 3. The van der Waals surface area contributed by atoms with Crippen LogP contribution in [0.25, 0.3) is 0 Å². The standard InChI is InChI=1S/C11H17N3O2S/c1-11(2,9(12)17)5-3-6-14-7-4-8(15)13-10(14)16/h4,7H,3,5-6H2,1-2H3,(H2,12,17)(H,13,15,16). The Balaban J connectivity index is 2.61. The summed E-state index contributed by atoms with van der Waals surface area (Å²) in [6, 6.07) is 1.33. The molecular formula is C11H17N3O2S. The average molecular weight is 255 g/mol. The minimum atomic E-state index is -0.384. The molecule has 0 unspecified atom stereocenters. The van der Waals surface area contributed by atoms with E-state index in [1.54, 1.807) is 0 Å². The second-order valence-electron chi connectivity index (χ2n) is 4.66. The Labute approximate surface area is 105 Å². The van der Waals surface area contributed by atoms with Crippen molar-refractivity contribution in [2.45, 2.75) is 33.2 Å². The van der Waals surface area contributed by atoms with Crippen molar-refractivity contribution in [3.05, 3.63) is 33.1 Å². The zero-order chi connectivity index (χ0) is 13.1. The first-order chi connectivity index (χ1) is 7.83. The molecule has 0 aromatic carbocycles. The second-order valence-corrected chi connectivity index (χ2v) is 5.10. The van der Waals surface area contributed by atoms with Crippen LogP contribution in [0.4, 0.5) is 0 Å². The van der Waals surface area contributed by atoms with E-state index in [0.717, 1.165) is 12.8 Å². The van der Waals surface area contributed by atoms with Crippen LogP contribution < -0.4 is 17.0 Å². The lowest BCUT2D eigenvalue weighted by atomic mass is 9.88.